The molecule has 0 bridgehead atoms. The monoisotopic (exact) mass is 324 g/mol. The normalized spacial score (nSPS) is 20.4. The molecule has 0 spiro atoms. The Bertz CT molecular complexity index is 672. The van der Waals surface area contributed by atoms with E-state index in [9.17, 15) is 4.79 Å². The predicted molar refractivity (Wildman–Crippen MR) is 96.0 cm³/mol. The van der Waals surface area contributed by atoms with E-state index in [4.69, 9.17) is 4.74 Å². The van der Waals surface area contributed by atoms with Crippen LogP contribution in [0.25, 0.3) is 11.1 Å². The second-order valence-corrected chi connectivity index (χ2v) is 6.29. The first-order valence-corrected chi connectivity index (χ1v) is 8.51. The minimum Gasteiger partial charge on any atom is -0.483 e. The second-order valence-electron chi connectivity index (χ2n) is 6.29. The first-order chi connectivity index (χ1) is 11.7. The molecular formula is C20H24N2O2. The summed E-state index contributed by atoms with van der Waals surface area (Å²) in [5.74, 6) is 1.15. The molecule has 4 heteroatoms. The van der Waals surface area contributed by atoms with Gasteiger partial charge in [0.05, 0.1) is 0 Å². The zero-order valence-electron chi connectivity index (χ0n) is 14.0. The first-order valence-electron chi connectivity index (χ1n) is 8.51. The molecule has 3 rings (SSSR count). The second kappa shape index (κ2) is 7.97. The lowest BCUT2D eigenvalue weighted by Crippen LogP contribution is -2.51. The Balaban J connectivity index is 1.61. The Kier molecular flexibility index (Phi) is 5.49. The highest BCUT2D eigenvalue weighted by Crippen LogP contribution is 2.29. The number of para-hydroxylation sites is 1. The fourth-order valence-corrected chi connectivity index (χ4v) is 3.02. The first kappa shape index (κ1) is 16.5. The van der Waals surface area contributed by atoms with Crippen molar-refractivity contribution in [2.75, 3.05) is 19.7 Å². The van der Waals surface area contributed by atoms with Crippen molar-refractivity contribution < 1.29 is 9.53 Å². The topological polar surface area (TPSA) is 50.4 Å². The van der Waals surface area contributed by atoms with Crippen molar-refractivity contribution in [3.8, 4) is 16.9 Å². The zero-order valence-corrected chi connectivity index (χ0v) is 14.0. The van der Waals surface area contributed by atoms with Crippen LogP contribution in [0.2, 0.25) is 0 Å². The molecule has 1 saturated heterocycles. The number of carbonyl (C=O) groups excluding carboxylic acids is 1. The molecule has 2 aromatic rings. The van der Waals surface area contributed by atoms with Crippen LogP contribution in [0.15, 0.2) is 54.6 Å². The summed E-state index contributed by atoms with van der Waals surface area (Å²) in [6, 6.07) is 18.1. The van der Waals surface area contributed by atoms with Gasteiger partial charge in [-0.3, -0.25) is 4.79 Å². The van der Waals surface area contributed by atoms with Crippen LogP contribution in [0.1, 0.15) is 13.3 Å². The van der Waals surface area contributed by atoms with Gasteiger partial charge in [0.2, 0.25) is 0 Å². The minimum absolute atomic E-state index is 0.0348. The Morgan fingerprint density at radius 3 is 2.71 bits per heavy atom. The van der Waals surface area contributed by atoms with Gasteiger partial charge in [0, 0.05) is 18.2 Å². The molecule has 0 saturated carbocycles. The average molecular weight is 324 g/mol. The molecule has 0 radical (unpaired) electrons. The maximum absolute atomic E-state index is 12.2. The predicted octanol–water partition coefficient (Wildman–Crippen LogP) is 2.85. The van der Waals surface area contributed by atoms with Crippen LogP contribution >= 0.6 is 0 Å². The zero-order chi connectivity index (χ0) is 16.8. The van der Waals surface area contributed by atoms with E-state index >= 15 is 0 Å². The SMILES string of the molecule is CC1CCNCC1NC(=O)COc1ccccc1-c1ccccc1. The van der Waals surface area contributed by atoms with Gasteiger partial charge in [-0.1, -0.05) is 55.5 Å². The smallest absolute Gasteiger partial charge is 0.258 e. The van der Waals surface area contributed by atoms with Crippen molar-refractivity contribution in [2.45, 2.75) is 19.4 Å². The molecule has 1 fully saturated rings. The molecule has 0 aromatic heterocycles. The van der Waals surface area contributed by atoms with E-state index in [0.717, 1.165) is 36.4 Å². The van der Waals surface area contributed by atoms with Gasteiger partial charge < -0.3 is 15.4 Å². The fourth-order valence-electron chi connectivity index (χ4n) is 3.02. The van der Waals surface area contributed by atoms with Crippen molar-refractivity contribution in [2.24, 2.45) is 5.92 Å². The third kappa shape index (κ3) is 4.15. The summed E-state index contributed by atoms with van der Waals surface area (Å²) in [5.41, 5.74) is 2.08. The molecule has 126 valence electrons. The summed E-state index contributed by atoms with van der Waals surface area (Å²) in [6.07, 6.45) is 1.09. The van der Waals surface area contributed by atoms with Crippen molar-refractivity contribution >= 4 is 5.91 Å². The fraction of sp³-hybridized carbons (Fsp3) is 0.350. The molecule has 1 heterocycles. The maximum atomic E-state index is 12.2. The summed E-state index contributed by atoms with van der Waals surface area (Å²) in [5, 5.41) is 6.39. The Morgan fingerprint density at radius 1 is 1.17 bits per heavy atom. The number of ether oxygens (including phenoxy) is 1. The number of piperidine rings is 1. The molecule has 1 aliphatic rings. The van der Waals surface area contributed by atoms with Crippen LogP contribution < -0.4 is 15.4 Å². The van der Waals surface area contributed by atoms with Crippen LogP contribution in [0, 0.1) is 5.92 Å². The van der Waals surface area contributed by atoms with Gasteiger partial charge in [-0.25, -0.2) is 0 Å². The van der Waals surface area contributed by atoms with Gasteiger partial charge in [0.25, 0.3) is 5.91 Å². The number of rotatable bonds is 5. The van der Waals surface area contributed by atoms with Gasteiger partial charge in [-0.15, -0.1) is 0 Å². The molecular weight excluding hydrogens is 300 g/mol. The summed E-state index contributed by atoms with van der Waals surface area (Å²) in [7, 11) is 0. The summed E-state index contributed by atoms with van der Waals surface area (Å²) < 4.78 is 5.80. The highest BCUT2D eigenvalue weighted by Gasteiger charge is 2.22. The van der Waals surface area contributed by atoms with Gasteiger partial charge in [-0.2, -0.15) is 0 Å². The van der Waals surface area contributed by atoms with E-state index < -0.39 is 0 Å². The maximum Gasteiger partial charge on any atom is 0.258 e. The number of nitrogens with one attached hydrogen (secondary N) is 2. The Morgan fingerprint density at radius 2 is 1.92 bits per heavy atom. The molecule has 0 aliphatic carbocycles. The van der Waals surface area contributed by atoms with Crippen LogP contribution in [0.4, 0.5) is 0 Å². The minimum atomic E-state index is -0.0709. The number of amides is 1. The van der Waals surface area contributed by atoms with E-state index in [0.29, 0.717) is 5.92 Å². The summed E-state index contributed by atoms with van der Waals surface area (Å²) >= 11 is 0. The van der Waals surface area contributed by atoms with E-state index in [2.05, 4.69) is 17.6 Å². The number of hydrogen-bond donors (Lipinski definition) is 2. The average Bonchev–Trinajstić information content (AvgIpc) is 2.63. The molecule has 2 N–H and O–H groups in total. The number of carbonyl (C=O) groups is 1. The largest absolute Gasteiger partial charge is 0.483 e. The summed E-state index contributed by atoms with van der Waals surface area (Å²) in [6.45, 7) is 4.06. The summed E-state index contributed by atoms with van der Waals surface area (Å²) in [4.78, 5) is 12.2. The van der Waals surface area contributed by atoms with E-state index in [1.165, 1.54) is 0 Å². The van der Waals surface area contributed by atoms with Crippen molar-refractivity contribution in [1.29, 1.82) is 0 Å². The lowest BCUT2D eigenvalue weighted by molar-refractivity contribution is -0.124. The van der Waals surface area contributed by atoms with Crippen molar-refractivity contribution in [3.05, 3.63) is 54.6 Å². The van der Waals surface area contributed by atoms with E-state index in [1.807, 2.05) is 54.6 Å². The lowest BCUT2D eigenvalue weighted by Gasteiger charge is -2.30. The molecule has 2 aromatic carbocycles. The van der Waals surface area contributed by atoms with Gasteiger partial charge in [0.15, 0.2) is 6.61 Å². The van der Waals surface area contributed by atoms with Crippen LogP contribution in [-0.2, 0) is 4.79 Å². The highest BCUT2D eigenvalue weighted by molar-refractivity contribution is 5.78. The Labute approximate surface area is 143 Å². The molecule has 1 amide bonds. The highest BCUT2D eigenvalue weighted by atomic mass is 16.5. The van der Waals surface area contributed by atoms with Gasteiger partial charge in [0.1, 0.15) is 5.75 Å². The third-order valence-electron chi connectivity index (χ3n) is 4.50. The Hall–Kier alpha value is -2.33. The van der Waals surface area contributed by atoms with E-state index in [1.54, 1.807) is 0 Å². The number of hydrogen-bond acceptors (Lipinski definition) is 3. The van der Waals surface area contributed by atoms with Crippen LogP contribution in [-0.4, -0.2) is 31.6 Å². The van der Waals surface area contributed by atoms with Crippen molar-refractivity contribution in [1.82, 2.24) is 10.6 Å². The van der Waals surface area contributed by atoms with E-state index in [-0.39, 0.29) is 18.6 Å². The van der Waals surface area contributed by atoms with Gasteiger partial charge in [-0.05, 0) is 30.5 Å². The molecule has 1 aliphatic heterocycles. The quantitative estimate of drug-likeness (QED) is 0.889. The van der Waals surface area contributed by atoms with Crippen LogP contribution in [0.3, 0.4) is 0 Å². The molecule has 24 heavy (non-hydrogen) atoms. The lowest BCUT2D eigenvalue weighted by atomic mass is 9.95. The third-order valence-corrected chi connectivity index (χ3v) is 4.50. The van der Waals surface area contributed by atoms with Crippen molar-refractivity contribution in [3.63, 3.8) is 0 Å². The molecule has 2 atom stereocenters. The van der Waals surface area contributed by atoms with Gasteiger partial charge >= 0.3 is 0 Å². The number of benzene rings is 2. The van der Waals surface area contributed by atoms with Crippen LogP contribution in [0.5, 0.6) is 5.75 Å². The molecule has 4 nitrogen and oxygen atoms in total. The standard InChI is InChI=1S/C20H24N2O2/c1-15-11-12-21-13-18(15)22-20(23)14-24-19-10-6-5-9-17(19)16-7-3-2-4-8-16/h2-10,15,18,21H,11-14H2,1H3,(H,22,23). The molecule has 2 unspecified atom stereocenters.